The summed E-state index contributed by atoms with van der Waals surface area (Å²) in [6.45, 7) is 7.35. The largest absolute Gasteiger partial charge is 0.338 e. The molecule has 0 saturated heterocycles. The van der Waals surface area contributed by atoms with E-state index in [0.29, 0.717) is 24.2 Å². The van der Waals surface area contributed by atoms with Crippen molar-refractivity contribution in [3.05, 3.63) is 24.5 Å². The number of urea groups is 1. The summed E-state index contributed by atoms with van der Waals surface area (Å²) in [5.41, 5.74) is 0.912. The van der Waals surface area contributed by atoms with Gasteiger partial charge in [-0.1, -0.05) is 25.6 Å². The zero-order valence-corrected chi connectivity index (χ0v) is 16.0. The molecule has 0 saturated carbocycles. The van der Waals surface area contributed by atoms with Crippen LogP contribution in [0.3, 0.4) is 0 Å². The number of hydrogen-bond donors (Lipinski definition) is 2. The van der Waals surface area contributed by atoms with E-state index in [1.165, 1.54) is 11.8 Å². The van der Waals surface area contributed by atoms with Gasteiger partial charge in [0.2, 0.25) is 5.91 Å². The summed E-state index contributed by atoms with van der Waals surface area (Å²) in [4.78, 5) is 27.6. The van der Waals surface area contributed by atoms with Crippen molar-refractivity contribution in [1.29, 1.82) is 0 Å². The number of aromatic nitrogens is 4. The van der Waals surface area contributed by atoms with Gasteiger partial charge in [0.15, 0.2) is 11.0 Å². The summed E-state index contributed by atoms with van der Waals surface area (Å²) in [6, 6.07) is 3.25. The SMILES string of the molecule is CCn1c(SCC(=O)NC(=O)NCCC(C)C)nnc1-c1ccncc1. The smallest absolute Gasteiger partial charge is 0.321 e. The highest BCUT2D eigenvalue weighted by Gasteiger charge is 2.15. The molecule has 2 aromatic rings. The third kappa shape index (κ3) is 5.83. The first-order chi connectivity index (χ1) is 12.5. The van der Waals surface area contributed by atoms with Crippen molar-refractivity contribution in [2.45, 2.75) is 38.9 Å². The monoisotopic (exact) mass is 376 g/mol. The molecule has 0 aliphatic carbocycles. The van der Waals surface area contributed by atoms with Crippen molar-refractivity contribution in [2.75, 3.05) is 12.3 Å². The van der Waals surface area contributed by atoms with Gasteiger partial charge in [-0.15, -0.1) is 10.2 Å². The van der Waals surface area contributed by atoms with Crippen LogP contribution in [0.5, 0.6) is 0 Å². The highest BCUT2D eigenvalue weighted by atomic mass is 32.2. The van der Waals surface area contributed by atoms with Crippen molar-refractivity contribution in [3.8, 4) is 11.4 Å². The predicted molar refractivity (Wildman–Crippen MR) is 101 cm³/mol. The minimum atomic E-state index is -0.467. The molecule has 8 nitrogen and oxygen atoms in total. The summed E-state index contributed by atoms with van der Waals surface area (Å²) in [6.07, 6.45) is 4.26. The van der Waals surface area contributed by atoms with Crippen molar-refractivity contribution in [2.24, 2.45) is 5.92 Å². The highest BCUT2D eigenvalue weighted by Crippen LogP contribution is 2.23. The van der Waals surface area contributed by atoms with Crippen LogP contribution < -0.4 is 10.6 Å². The number of imide groups is 1. The Morgan fingerprint density at radius 2 is 1.96 bits per heavy atom. The second-order valence-electron chi connectivity index (χ2n) is 6.06. The zero-order valence-electron chi connectivity index (χ0n) is 15.2. The topological polar surface area (TPSA) is 102 Å². The molecular weight excluding hydrogens is 352 g/mol. The van der Waals surface area contributed by atoms with Gasteiger partial charge in [0.25, 0.3) is 0 Å². The van der Waals surface area contributed by atoms with Crippen molar-refractivity contribution in [1.82, 2.24) is 30.4 Å². The lowest BCUT2D eigenvalue weighted by Crippen LogP contribution is -2.40. The maximum absolute atomic E-state index is 11.9. The molecule has 9 heteroatoms. The molecule has 3 amide bonds. The van der Waals surface area contributed by atoms with Crippen LogP contribution in [0, 0.1) is 5.92 Å². The van der Waals surface area contributed by atoms with Gasteiger partial charge < -0.3 is 9.88 Å². The number of rotatable bonds is 8. The molecule has 140 valence electrons. The maximum Gasteiger partial charge on any atom is 0.321 e. The Morgan fingerprint density at radius 3 is 2.62 bits per heavy atom. The number of nitrogens with one attached hydrogen (secondary N) is 2. The summed E-state index contributed by atoms with van der Waals surface area (Å²) in [7, 11) is 0. The van der Waals surface area contributed by atoms with Gasteiger partial charge in [-0.25, -0.2) is 4.79 Å². The lowest BCUT2D eigenvalue weighted by atomic mass is 10.1. The van der Waals surface area contributed by atoms with Crippen LogP contribution in [-0.4, -0.2) is 44.0 Å². The van der Waals surface area contributed by atoms with E-state index in [2.05, 4.69) is 39.7 Å². The molecule has 0 radical (unpaired) electrons. The van der Waals surface area contributed by atoms with E-state index in [4.69, 9.17) is 0 Å². The fraction of sp³-hybridized carbons (Fsp3) is 0.471. The van der Waals surface area contributed by atoms with Gasteiger partial charge in [0.1, 0.15) is 0 Å². The number of pyridine rings is 1. The minimum absolute atomic E-state index is 0.0894. The number of hydrogen-bond acceptors (Lipinski definition) is 6. The van der Waals surface area contributed by atoms with E-state index in [9.17, 15) is 9.59 Å². The Kier molecular flexibility index (Phi) is 7.58. The minimum Gasteiger partial charge on any atom is -0.338 e. The molecule has 2 N–H and O–H groups in total. The number of amides is 3. The molecule has 0 spiro atoms. The van der Waals surface area contributed by atoms with Crippen LogP contribution in [0.15, 0.2) is 29.7 Å². The molecule has 0 aliphatic heterocycles. The molecule has 0 aliphatic rings. The molecule has 2 aromatic heterocycles. The van der Waals surface area contributed by atoms with Crippen LogP contribution in [0.1, 0.15) is 27.2 Å². The molecule has 0 unspecified atom stereocenters. The fourth-order valence-corrected chi connectivity index (χ4v) is 3.01. The van der Waals surface area contributed by atoms with Gasteiger partial charge in [0, 0.05) is 31.0 Å². The summed E-state index contributed by atoms with van der Waals surface area (Å²) in [5, 5.41) is 14.0. The molecule has 0 fully saturated rings. The summed E-state index contributed by atoms with van der Waals surface area (Å²) >= 11 is 1.25. The van der Waals surface area contributed by atoms with Gasteiger partial charge in [-0.05, 0) is 31.4 Å². The lowest BCUT2D eigenvalue weighted by Gasteiger charge is -2.09. The van der Waals surface area contributed by atoms with E-state index in [1.54, 1.807) is 12.4 Å². The van der Waals surface area contributed by atoms with Crippen LogP contribution in [0.2, 0.25) is 0 Å². The predicted octanol–water partition coefficient (Wildman–Crippen LogP) is 2.32. The van der Waals surface area contributed by atoms with Crippen LogP contribution >= 0.6 is 11.8 Å². The Hall–Kier alpha value is -2.42. The van der Waals surface area contributed by atoms with E-state index < -0.39 is 6.03 Å². The summed E-state index contributed by atoms with van der Waals surface area (Å²) in [5.74, 6) is 0.945. The Balaban J connectivity index is 1.88. The number of nitrogens with zero attached hydrogens (tertiary/aromatic N) is 4. The number of thioether (sulfide) groups is 1. The first-order valence-corrected chi connectivity index (χ1v) is 9.53. The normalized spacial score (nSPS) is 10.8. The van der Waals surface area contributed by atoms with E-state index in [-0.39, 0.29) is 11.7 Å². The number of carbonyl (C=O) groups excluding carboxylic acids is 2. The van der Waals surface area contributed by atoms with E-state index in [1.807, 2.05) is 23.6 Å². The molecule has 2 rings (SSSR count). The maximum atomic E-state index is 11.9. The zero-order chi connectivity index (χ0) is 18.9. The third-order valence-electron chi connectivity index (χ3n) is 3.56. The van der Waals surface area contributed by atoms with Crippen molar-refractivity contribution < 1.29 is 9.59 Å². The van der Waals surface area contributed by atoms with Gasteiger partial charge in [-0.2, -0.15) is 0 Å². The first-order valence-electron chi connectivity index (χ1n) is 8.55. The molecule has 0 aromatic carbocycles. The first kappa shape index (κ1) is 19.9. The molecule has 0 bridgehead atoms. The highest BCUT2D eigenvalue weighted by molar-refractivity contribution is 7.99. The van der Waals surface area contributed by atoms with Gasteiger partial charge in [-0.3, -0.25) is 15.1 Å². The van der Waals surface area contributed by atoms with Crippen molar-refractivity contribution >= 4 is 23.7 Å². The Bertz CT molecular complexity index is 732. The van der Waals surface area contributed by atoms with Crippen LogP contribution in [0.4, 0.5) is 4.79 Å². The second-order valence-corrected chi connectivity index (χ2v) is 7.00. The lowest BCUT2D eigenvalue weighted by molar-refractivity contribution is -0.117. The molecule has 26 heavy (non-hydrogen) atoms. The standard InChI is InChI=1S/C17H24N6O2S/c1-4-23-15(13-6-8-18-9-7-13)21-22-17(23)26-11-14(24)20-16(25)19-10-5-12(2)3/h6-9,12H,4-5,10-11H2,1-3H3,(H2,19,20,24,25). The Morgan fingerprint density at radius 1 is 1.23 bits per heavy atom. The molecule has 2 heterocycles. The van der Waals surface area contributed by atoms with Crippen LogP contribution in [-0.2, 0) is 11.3 Å². The quantitative estimate of drug-likeness (QED) is 0.686. The summed E-state index contributed by atoms with van der Waals surface area (Å²) < 4.78 is 1.93. The second kappa shape index (κ2) is 9.91. The molecular formula is C17H24N6O2S. The van der Waals surface area contributed by atoms with Crippen molar-refractivity contribution in [3.63, 3.8) is 0 Å². The van der Waals surface area contributed by atoms with E-state index >= 15 is 0 Å². The van der Waals surface area contributed by atoms with Crippen LogP contribution in [0.25, 0.3) is 11.4 Å². The fourth-order valence-electron chi connectivity index (χ4n) is 2.21. The Labute approximate surface area is 157 Å². The van der Waals surface area contributed by atoms with Gasteiger partial charge in [0.05, 0.1) is 5.75 Å². The van der Waals surface area contributed by atoms with Gasteiger partial charge >= 0.3 is 6.03 Å². The average Bonchev–Trinajstić information content (AvgIpc) is 3.03. The average molecular weight is 376 g/mol. The number of carbonyl (C=O) groups is 2. The molecule has 0 atom stereocenters. The third-order valence-corrected chi connectivity index (χ3v) is 4.53. The van der Waals surface area contributed by atoms with E-state index in [0.717, 1.165) is 17.8 Å².